The zero-order valence-corrected chi connectivity index (χ0v) is 12.2. The third-order valence-corrected chi connectivity index (χ3v) is 6.02. The van der Waals surface area contributed by atoms with E-state index in [1.807, 2.05) is 0 Å². The maximum Gasteiger partial charge on any atom is 0.345 e. The SMILES string of the molecule is CCN(c1ccncc1)S(=O)(=O)c1ccc(C(=O)O)s1. The van der Waals surface area contributed by atoms with E-state index in [9.17, 15) is 13.2 Å². The number of rotatable bonds is 5. The number of nitrogens with zero attached hydrogens (tertiary/aromatic N) is 2. The fraction of sp³-hybridized carbons (Fsp3) is 0.167. The van der Waals surface area contributed by atoms with E-state index in [1.54, 1.807) is 19.1 Å². The summed E-state index contributed by atoms with van der Waals surface area (Å²) in [7, 11) is -3.76. The molecule has 8 heteroatoms. The van der Waals surface area contributed by atoms with Crippen LogP contribution in [0.4, 0.5) is 5.69 Å². The van der Waals surface area contributed by atoms with Gasteiger partial charge in [-0.05, 0) is 31.2 Å². The topological polar surface area (TPSA) is 87.6 Å². The Balaban J connectivity index is 2.44. The first-order chi connectivity index (χ1) is 9.46. The van der Waals surface area contributed by atoms with E-state index < -0.39 is 16.0 Å². The number of hydrogen-bond donors (Lipinski definition) is 1. The average molecular weight is 312 g/mol. The van der Waals surface area contributed by atoms with Crippen LogP contribution in [-0.4, -0.2) is 31.0 Å². The molecule has 0 spiro atoms. The molecule has 6 nitrogen and oxygen atoms in total. The van der Waals surface area contributed by atoms with Crippen LogP contribution in [0, 0.1) is 0 Å². The van der Waals surface area contributed by atoms with Crippen LogP contribution in [0.15, 0.2) is 40.9 Å². The number of carboxylic acid groups (broad SMARTS) is 1. The van der Waals surface area contributed by atoms with Crippen LogP contribution in [0.25, 0.3) is 0 Å². The van der Waals surface area contributed by atoms with Gasteiger partial charge in [-0.2, -0.15) is 0 Å². The molecule has 0 saturated carbocycles. The molecule has 0 bridgehead atoms. The molecule has 106 valence electrons. The van der Waals surface area contributed by atoms with Crippen LogP contribution in [0.2, 0.25) is 0 Å². The molecule has 0 aliphatic carbocycles. The fourth-order valence-electron chi connectivity index (χ4n) is 1.68. The van der Waals surface area contributed by atoms with Crippen LogP contribution in [0.3, 0.4) is 0 Å². The maximum atomic E-state index is 12.5. The van der Waals surface area contributed by atoms with Crippen molar-refractivity contribution in [3.8, 4) is 0 Å². The van der Waals surface area contributed by atoms with Crippen molar-refractivity contribution in [1.82, 2.24) is 4.98 Å². The lowest BCUT2D eigenvalue weighted by molar-refractivity contribution is 0.0702. The number of aromatic carboxylic acids is 1. The first kappa shape index (κ1) is 14.5. The van der Waals surface area contributed by atoms with Crippen molar-refractivity contribution < 1.29 is 18.3 Å². The van der Waals surface area contributed by atoms with Crippen molar-refractivity contribution in [2.75, 3.05) is 10.8 Å². The highest BCUT2D eigenvalue weighted by Crippen LogP contribution is 2.28. The lowest BCUT2D eigenvalue weighted by Gasteiger charge is -2.21. The van der Waals surface area contributed by atoms with E-state index in [0.29, 0.717) is 5.69 Å². The highest BCUT2D eigenvalue weighted by Gasteiger charge is 2.26. The van der Waals surface area contributed by atoms with Gasteiger partial charge >= 0.3 is 5.97 Å². The number of carbonyl (C=O) groups is 1. The van der Waals surface area contributed by atoms with Crippen molar-refractivity contribution in [1.29, 1.82) is 0 Å². The number of pyridine rings is 1. The van der Waals surface area contributed by atoms with Gasteiger partial charge in [-0.3, -0.25) is 9.29 Å². The Bertz CT molecular complexity index is 710. The van der Waals surface area contributed by atoms with Gasteiger partial charge in [0.1, 0.15) is 9.09 Å². The Kier molecular flexibility index (Phi) is 4.05. The van der Waals surface area contributed by atoms with Gasteiger partial charge < -0.3 is 5.11 Å². The van der Waals surface area contributed by atoms with E-state index in [4.69, 9.17) is 5.11 Å². The largest absolute Gasteiger partial charge is 0.477 e. The maximum absolute atomic E-state index is 12.5. The molecule has 2 aromatic heterocycles. The number of anilines is 1. The normalized spacial score (nSPS) is 11.2. The van der Waals surface area contributed by atoms with Gasteiger partial charge in [0.2, 0.25) is 0 Å². The minimum absolute atomic E-state index is 0.00523. The van der Waals surface area contributed by atoms with E-state index >= 15 is 0 Å². The van der Waals surface area contributed by atoms with Crippen LogP contribution in [0.5, 0.6) is 0 Å². The lowest BCUT2D eigenvalue weighted by Crippen LogP contribution is -2.30. The first-order valence-corrected chi connectivity index (χ1v) is 7.98. The van der Waals surface area contributed by atoms with Crippen molar-refractivity contribution >= 4 is 33.0 Å². The molecule has 20 heavy (non-hydrogen) atoms. The summed E-state index contributed by atoms with van der Waals surface area (Å²) in [4.78, 5) is 14.7. The number of aromatic nitrogens is 1. The van der Waals surface area contributed by atoms with Crippen LogP contribution in [-0.2, 0) is 10.0 Å². The highest BCUT2D eigenvalue weighted by molar-refractivity contribution is 7.94. The monoisotopic (exact) mass is 312 g/mol. The predicted molar refractivity (Wildman–Crippen MR) is 75.7 cm³/mol. The quantitative estimate of drug-likeness (QED) is 0.913. The average Bonchev–Trinajstić information content (AvgIpc) is 2.91. The Morgan fingerprint density at radius 2 is 1.95 bits per heavy atom. The summed E-state index contributed by atoms with van der Waals surface area (Å²) in [6, 6.07) is 5.78. The summed E-state index contributed by atoms with van der Waals surface area (Å²) < 4.78 is 26.3. The van der Waals surface area contributed by atoms with Gasteiger partial charge in [0.25, 0.3) is 10.0 Å². The number of thiophene rings is 1. The minimum atomic E-state index is -3.76. The molecule has 2 aromatic rings. The minimum Gasteiger partial charge on any atom is -0.477 e. The van der Waals surface area contributed by atoms with Crippen molar-refractivity contribution in [2.45, 2.75) is 11.1 Å². The van der Waals surface area contributed by atoms with Gasteiger partial charge in [0.05, 0.1) is 5.69 Å². The molecule has 0 atom stereocenters. The van der Waals surface area contributed by atoms with E-state index in [1.165, 1.54) is 28.8 Å². The fourth-order valence-corrected chi connectivity index (χ4v) is 4.42. The summed E-state index contributed by atoms with van der Waals surface area (Å²) >= 11 is 0.741. The zero-order chi connectivity index (χ0) is 14.8. The predicted octanol–water partition coefficient (Wildman–Crippen LogP) is 2.06. The summed E-state index contributed by atoms with van der Waals surface area (Å²) in [6.07, 6.45) is 3.01. The van der Waals surface area contributed by atoms with Crippen molar-refractivity contribution in [3.05, 3.63) is 41.5 Å². The molecule has 0 fully saturated rings. The second-order valence-corrected chi connectivity index (χ2v) is 6.97. The van der Waals surface area contributed by atoms with E-state index in [2.05, 4.69) is 4.98 Å². The Morgan fingerprint density at radius 1 is 1.30 bits per heavy atom. The van der Waals surface area contributed by atoms with Crippen LogP contribution >= 0.6 is 11.3 Å². The number of hydrogen-bond acceptors (Lipinski definition) is 5. The van der Waals surface area contributed by atoms with Crippen molar-refractivity contribution in [2.24, 2.45) is 0 Å². The van der Waals surface area contributed by atoms with Gasteiger partial charge in [-0.1, -0.05) is 0 Å². The molecule has 0 aliphatic rings. The standard InChI is InChI=1S/C12H12N2O4S2/c1-2-14(9-5-7-13-8-6-9)20(17,18)11-4-3-10(19-11)12(15)16/h3-8H,2H2,1H3,(H,15,16). The molecule has 1 N–H and O–H groups in total. The molecular weight excluding hydrogens is 300 g/mol. The number of carboxylic acids is 1. The molecular formula is C12H12N2O4S2. The third kappa shape index (κ3) is 2.66. The van der Waals surface area contributed by atoms with E-state index in [0.717, 1.165) is 11.3 Å². The smallest absolute Gasteiger partial charge is 0.345 e. The Labute approximate surface area is 120 Å². The third-order valence-electron chi connectivity index (χ3n) is 2.57. The van der Waals surface area contributed by atoms with Gasteiger partial charge in [0.15, 0.2) is 0 Å². The summed E-state index contributed by atoms with van der Waals surface area (Å²) in [5.41, 5.74) is 0.493. The second-order valence-electron chi connectivity index (χ2n) is 3.80. The molecule has 0 aliphatic heterocycles. The summed E-state index contributed by atoms with van der Waals surface area (Å²) in [6.45, 7) is 1.95. The Morgan fingerprint density at radius 3 is 2.45 bits per heavy atom. The van der Waals surface area contributed by atoms with Gasteiger partial charge in [0, 0.05) is 18.9 Å². The summed E-state index contributed by atoms with van der Waals surface area (Å²) in [5, 5.41) is 8.87. The van der Waals surface area contributed by atoms with Gasteiger partial charge in [-0.15, -0.1) is 11.3 Å². The molecule has 2 rings (SSSR count). The molecule has 0 radical (unpaired) electrons. The highest BCUT2D eigenvalue weighted by atomic mass is 32.2. The molecule has 0 unspecified atom stereocenters. The molecule has 2 heterocycles. The Hall–Kier alpha value is -1.93. The van der Waals surface area contributed by atoms with E-state index in [-0.39, 0.29) is 15.6 Å². The lowest BCUT2D eigenvalue weighted by atomic mass is 10.4. The van der Waals surface area contributed by atoms with Crippen LogP contribution < -0.4 is 4.31 Å². The van der Waals surface area contributed by atoms with Gasteiger partial charge in [-0.25, -0.2) is 13.2 Å². The van der Waals surface area contributed by atoms with Crippen LogP contribution in [0.1, 0.15) is 16.6 Å². The van der Waals surface area contributed by atoms with Crippen molar-refractivity contribution in [3.63, 3.8) is 0 Å². The number of sulfonamides is 1. The first-order valence-electron chi connectivity index (χ1n) is 5.72. The zero-order valence-electron chi connectivity index (χ0n) is 10.6. The second kappa shape index (κ2) is 5.59. The molecule has 0 saturated heterocycles. The summed E-state index contributed by atoms with van der Waals surface area (Å²) in [5.74, 6) is -1.14. The molecule has 0 amide bonds. The molecule has 0 aromatic carbocycles.